The molecule has 1 amide bonds. The summed E-state index contributed by atoms with van der Waals surface area (Å²) in [5, 5.41) is 2.81. The van der Waals surface area contributed by atoms with Crippen LogP contribution >= 0.6 is 0 Å². The van der Waals surface area contributed by atoms with Crippen LogP contribution in [0.4, 0.5) is 0 Å². The first kappa shape index (κ1) is 9.04. The molecule has 0 bridgehead atoms. The quantitative estimate of drug-likeness (QED) is 0.632. The topological polar surface area (TPSA) is 29.1 Å². The average Bonchev–Trinajstić information content (AvgIpc) is 1.94. The lowest BCUT2D eigenvalue weighted by molar-refractivity contribution is -0.118. The zero-order valence-electron chi connectivity index (χ0n) is 7.85. The van der Waals surface area contributed by atoms with Crippen LogP contribution in [0.15, 0.2) is 23.4 Å². The summed E-state index contributed by atoms with van der Waals surface area (Å²) >= 11 is 0. The molecule has 1 aliphatic rings. The normalized spacial score (nSPS) is 22.8. The third-order valence-corrected chi connectivity index (χ3v) is 1.96. The zero-order chi connectivity index (χ0) is 9.14. The van der Waals surface area contributed by atoms with Gasteiger partial charge in [0.2, 0.25) is 5.91 Å². The van der Waals surface area contributed by atoms with Gasteiger partial charge < -0.3 is 5.32 Å². The van der Waals surface area contributed by atoms with Gasteiger partial charge in [-0.2, -0.15) is 0 Å². The number of nitrogens with one attached hydrogen (secondary N) is 1. The largest absolute Gasteiger partial charge is 0.326 e. The number of carbonyl (C=O) groups is 1. The highest BCUT2D eigenvalue weighted by Crippen LogP contribution is 2.20. The fourth-order valence-corrected chi connectivity index (χ4v) is 1.39. The van der Waals surface area contributed by atoms with Crippen LogP contribution in [-0.2, 0) is 4.79 Å². The molecule has 1 rings (SSSR count). The Labute approximate surface area is 73.4 Å². The number of hydrogen-bond donors (Lipinski definition) is 1. The minimum absolute atomic E-state index is 0.00329. The maximum absolute atomic E-state index is 10.8. The van der Waals surface area contributed by atoms with Gasteiger partial charge in [-0.25, -0.2) is 0 Å². The Bertz CT molecular complexity index is 251. The van der Waals surface area contributed by atoms with E-state index in [-0.39, 0.29) is 5.91 Å². The van der Waals surface area contributed by atoms with Crippen molar-refractivity contribution >= 4 is 5.91 Å². The Hall–Kier alpha value is -1.05. The summed E-state index contributed by atoms with van der Waals surface area (Å²) in [6.07, 6.45) is 5.29. The van der Waals surface area contributed by atoms with Crippen LogP contribution in [0.1, 0.15) is 27.2 Å². The molecule has 2 nitrogen and oxygen atoms in total. The van der Waals surface area contributed by atoms with E-state index in [1.54, 1.807) is 0 Å². The van der Waals surface area contributed by atoms with Gasteiger partial charge in [-0.15, -0.1) is 0 Å². The minimum atomic E-state index is 0.00329. The molecule has 0 aliphatic heterocycles. The van der Waals surface area contributed by atoms with Gasteiger partial charge in [-0.1, -0.05) is 19.1 Å². The second-order valence-electron chi connectivity index (χ2n) is 3.36. The molecule has 66 valence electrons. The Morgan fingerprint density at radius 1 is 1.67 bits per heavy atom. The predicted octanol–water partition coefficient (Wildman–Crippen LogP) is 1.99. The maximum Gasteiger partial charge on any atom is 0.221 e. The van der Waals surface area contributed by atoms with Crippen LogP contribution in [0.3, 0.4) is 0 Å². The molecule has 1 unspecified atom stereocenters. The van der Waals surface area contributed by atoms with E-state index in [0.717, 1.165) is 12.1 Å². The molecule has 0 saturated carbocycles. The number of carbonyl (C=O) groups excluding carboxylic acids is 1. The molecule has 12 heavy (non-hydrogen) atoms. The van der Waals surface area contributed by atoms with E-state index in [0.29, 0.717) is 5.92 Å². The molecule has 1 atom stereocenters. The Balaban J connectivity index is 2.68. The standard InChI is InChI=1S/C10H15NO/c1-7-4-5-10(8(2)6-7)11-9(3)12/h5-7H,4H2,1-3H3,(H,11,12). The summed E-state index contributed by atoms with van der Waals surface area (Å²) in [6, 6.07) is 0. The van der Waals surface area contributed by atoms with Crippen LogP contribution in [0, 0.1) is 5.92 Å². The Kier molecular flexibility index (Phi) is 2.69. The number of hydrogen-bond acceptors (Lipinski definition) is 1. The smallest absolute Gasteiger partial charge is 0.221 e. The van der Waals surface area contributed by atoms with Crippen molar-refractivity contribution in [1.29, 1.82) is 0 Å². The van der Waals surface area contributed by atoms with Gasteiger partial charge in [-0.3, -0.25) is 4.79 Å². The summed E-state index contributed by atoms with van der Waals surface area (Å²) < 4.78 is 0. The zero-order valence-corrected chi connectivity index (χ0v) is 7.85. The predicted molar refractivity (Wildman–Crippen MR) is 49.4 cm³/mol. The van der Waals surface area contributed by atoms with E-state index in [1.807, 2.05) is 6.92 Å². The van der Waals surface area contributed by atoms with Gasteiger partial charge >= 0.3 is 0 Å². The highest BCUT2D eigenvalue weighted by molar-refractivity contribution is 5.76. The number of allylic oxidation sites excluding steroid dienone is 3. The van der Waals surface area contributed by atoms with E-state index >= 15 is 0 Å². The summed E-state index contributed by atoms with van der Waals surface area (Å²) in [4.78, 5) is 10.8. The lowest BCUT2D eigenvalue weighted by Gasteiger charge is -2.16. The molecular formula is C10H15NO. The fourth-order valence-electron chi connectivity index (χ4n) is 1.39. The van der Waals surface area contributed by atoms with Gasteiger partial charge in [0.15, 0.2) is 0 Å². The number of rotatable bonds is 1. The van der Waals surface area contributed by atoms with Gasteiger partial charge in [0.05, 0.1) is 0 Å². The number of amides is 1. The lowest BCUT2D eigenvalue weighted by Crippen LogP contribution is -2.21. The van der Waals surface area contributed by atoms with Crippen molar-refractivity contribution in [3.63, 3.8) is 0 Å². The molecule has 0 aromatic rings. The van der Waals surface area contributed by atoms with Crippen LogP contribution in [0.2, 0.25) is 0 Å². The van der Waals surface area contributed by atoms with Crippen LogP contribution in [0.5, 0.6) is 0 Å². The first-order chi connectivity index (χ1) is 5.59. The third-order valence-electron chi connectivity index (χ3n) is 1.96. The monoisotopic (exact) mass is 165 g/mol. The van der Waals surface area contributed by atoms with Crippen molar-refractivity contribution in [3.05, 3.63) is 23.4 Å². The minimum Gasteiger partial charge on any atom is -0.326 e. The van der Waals surface area contributed by atoms with Crippen molar-refractivity contribution in [1.82, 2.24) is 5.32 Å². The van der Waals surface area contributed by atoms with Gasteiger partial charge in [-0.05, 0) is 24.8 Å². The fraction of sp³-hybridized carbons (Fsp3) is 0.500. The van der Waals surface area contributed by atoms with E-state index in [9.17, 15) is 4.79 Å². The molecule has 0 saturated heterocycles. The Morgan fingerprint density at radius 2 is 2.33 bits per heavy atom. The van der Waals surface area contributed by atoms with Crippen molar-refractivity contribution in [3.8, 4) is 0 Å². The van der Waals surface area contributed by atoms with Crippen LogP contribution in [-0.4, -0.2) is 5.91 Å². The molecule has 0 spiro atoms. The maximum atomic E-state index is 10.8. The van der Waals surface area contributed by atoms with E-state index in [1.165, 1.54) is 12.5 Å². The van der Waals surface area contributed by atoms with Crippen molar-refractivity contribution in [2.24, 2.45) is 5.92 Å². The van der Waals surface area contributed by atoms with Gasteiger partial charge in [0.1, 0.15) is 0 Å². The molecular weight excluding hydrogens is 150 g/mol. The van der Waals surface area contributed by atoms with Crippen molar-refractivity contribution < 1.29 is 4.79 Å². The first-order valence-corrected chi connectivity index (χ1v) is 4.26. The molecule has 1 N–H and O–H groups in total. The molecule has 2 heteroatoms. The van der Waals surface area contributed by atoms with Crippen LogP contribution < -0.4 is 5.32 Å². The molecule has 0 aromatic heterocycles. The second-order valence-corrected chi connectivity index (χ2v) is 3.36. The highest BCUT2D eigenvalue weighted by atomic mass is 16.1. The summed E-state index contributed by atoms with van der Waals surface area (Å²) in [5.41, 5.74) is 2.14. The summed E-state index contributed by atoms with van der Waals surface area (Å²) in [6.45, 7) is 5.73. The van der Waals surface area contributed by atoms with Gasteiger partial charge in [0.25, 0.3) is 0 Å². The average molecular weight is 165 g/mol. The molecule has 0 heterocycles. The van der Waals surface area contributed by atoms with E-state index < -0.39 is 0 Å². The first-order valence-electron chi connectivity index (χ1n) is 4.26. The molecule has 1 aliphatic carbocycles. The molecule has 0 fully saturated rings. The van der Waals surface area contributed by atoms with Crippen molar-refractivity contribution in [2.75, 3.05) is 0 Å². The highest BCUT2D eigenvalue weighted by Gasteiger charge is 2.09. The Morgan fingerprint density at radius 3 is 2.83 bits per heavy atom. The van der Waals surface area contributed by atoms with Crippen molar-refractivity contribution in [2.45, 2.75) is 27.2 Å². The SMILES string of the molecule is CC(=O)NC1=CCC(C)C=C1C. The summed E-state index contributed by atoms with van der Waals surface area (Å²) in [7, 11) is 0. The van der Waals surface area contributed by atoms with E-state index in [4.69, 9.17) is 0 Å². The third kappa shape index (κ3) is 2.22. The molecule has 0 aromatic carbocycles. The van der Waals surface area contributed by atoms with Crippen LogP contribution in [0.25, 0.3) is 0 Å². The lowest BCUT2D eigenvalue weighted by atomic mass is 9.96. The van der Waals surface area contributed by atoms with E-state index in [2.05, 4.69) is 24.4 Å². The summed E-state index contributed by atoms with van der Waals surface area (Å²) in [5.74, 6) is 0.603. The second kappa shape index (κ2) is 3.57. The molecule has 0 radical (unpaired) electrons. The van der Waals surface area contributed by atoms with Gasteiger partial charge in [0, 0.05) is 12.6 Å².